The van der Waals surface area contributed by atoms with Crippen LogP contribution in [0.25, 0.3) is 0 Å². The van der Waals surface area contributed by atoms with Gasteiger partial charge in [-0.05, 0) is 31.5 Å². The van der Waals surface area contributed by atoms with E-state index in [-0.39, 0.29) is 24.6 Å². The largest absolute Gasteiger partial charge is 0.370 e. The average Bonchev–Trinajstić information content (AvgIpc) is 2.85. The van der Waals surface area contributed by atoms with Gasteiger partial charge in [-0.3, -0.25) is 9.59 Å². The van der Waals surface area contributed by atoms with Gasteiger partial charge in [-0.25, -0.2) is 0 Å². The number of hydrogen-bond donors (Lipinski definition) is 1. The maximum absolute atomic E-state index is 12.5. The van der Waals surface area contributed by atoms with Gasteiger partial charge in [0.25, 0.3) is 5.91 Å². The maximum atomic E-state index is 12.5. The topological polar surface area (TPSA) is 89.4 Å². The molecule has 21 heavy (non-hydrogen) atoms. The van der Waals surface area contributed by atoms with Gasteiger partial charge < -0.3 is 15.2 Å². The van der Waals surface area contributed by atoms with Crippen LogP contribution in [0.15, 0.2) is 34.9 Å². The van der Waals surface area contributed by atoms with Crippen molar-refractivity contribution >= 4 is 17.5 Å². The number of benzene rings is 1. The van der Waals surface area contributed by atoms with Gasteiger partial charge in [0.15, 0.2) is 0 Å². The zero-order valence-corrected chi connectivity index (χ0v) is 12.0. The van der Waals surface area contributed by atoms with Crippen LogP contribution in [-0.4, -0.2) is 23.5 Å². The Morgan fingerprint density at radius 3 is 2.62 bits per heavy atom. The monoisotopic (exact) mass is 287 g/mol. The standard InChI is InChI=1S/C15H17N3O3/c1-10-4-3-5-12(8-10)18(7-6-14(16)19)15(20)13-9-11(2)17-21-13/h3-5,8-9H,6-7H2,1-2H3,(H2,16,19). The molecule has 2 aromatic rings. The molecule has 1 aromatic carbocycles. The van der Waals surface area contributed by atoms with Crippen molar-refractivity contribution in [3.05, 3.63) is 47.3 Å². The van der Waals surface area contributed by atoms with Crippen LogP contribution in [0, 0.1) is 13.8 Å². The molecule has 0 bridgehead atoms. The summed E-state index contributed by atoms with van der Waals surface area (Å²) in [7, 11) is 0. The van der Waals surface area contributed by atoms with Crippen molar-refractivity contribution in [2.24, 2.45) is 5.73 Å². The molecular formula is C15H17N3O3. The maximum Gasteiger partial charge on any atom is 0.296 e. The molecule has 0 aliphatic carbocycles. The molecule has 2 N–H and O–H groups in total. The minimum atomic E-state index is -0.464. The summed E-state index contributed by atoms with van der Waals surface area (Å²) in [6, 6.07) is 9.01. The number of nitrogens with two attached hydrogens (primary N) is 1. The number of carbonyl (C=O) groups is 2. The van der Waals surface area contributed by atoms with Crippen molar-refractivity contribution < 1.29 is 14.1 Å². The molecule has 1 aromatic heterocycles. The van der Waals surface area contributed by atoms with E-state index in [0.717, 1.165) is 5.56 Å². The third-order valence-corrected chi connectivity index (χ3v) is 2.98. The van der Waals surface area contributed by atoms with Gasteiger partial charge in [-0.15, -0.1) is 0 Å². The summed E-state index contributed by atoms with van der Waals surface area (Å²) in [5, 5.41) is 3.71. The molecule has 6 nitrogen and oxygen atoms in total. The number of primary amides is 1. The first-order chi connectivity index (χ1) is 9.97. The highest BCUT2D eigenvalue weighted by Gasteiger charge is 2.22. The Labute approximate surface area is 122 Å². The van der Waals surface area contributed by atoms with Crippen LogP contribution in [0.1, 0.15) is 28.2 Å². The van der Waals surface area contributed by atoms with Crippen molar-refractivity contribution in [3.63, 3.8) is 0 Å². The summed E-state index contributed by atoms with van der Waals surface area (Å²) in [5.41, 5.74) is 7.50. The van der Waals surface area contributed by atoms with Crippen LogP contribution in [0.5, 0.6) is 0 Å². The lowest BCUT2D eigenvalue weighted by molar-refractivity contribution is -0.117. The fourth-order valence-electron chi connectivity index (χ4n) is 1.96. The van der Waals surface area contributed by atoms with Gasteiger partial charge in [0.2, 0.25) is 11.7 Å². The zero-order valence-electron chi connectivity index (χ0n) is 12.0. The van der Waals surface area contributed by atoms with Crippen LogP contribution < -0.4 is 10.6 Å². The Morgan fingerprint density at radius 1 is 1.29 bits per heavy atom. The van der Waals surface area contributed by atoms with Crippen molar-refractivity contribution in [1.82, 2.24) is 5.16 Å². The Kier molecular flexibility index (Phi) is 4.37. The summed E-state index contributed by atoms with van der Waals surface area (Å²) >= 11 is 0. The lowest BCUT2D eigenvalue weighted by atomic mass is 10.2. The van der Waals surface area contributed by atoms with Crippen molar-refractivity contribution in [1.29, 1.82) is 0 Å². The molecule has 0 spiro atoms. The number of nitrogens with zero attached hydrogens (tertiary/aromatic N) is 2. The molecular weight excluding hydrogens is 270 g/mol. The Bertz CT molecular complexity index is 664. The number of aromatic nitrogens is 1. The lowest BCUT2D eigenvalue weighted by Crippen LogP contribution is -2.34. The fourth-order valence-corrected chi connectivity index (χ4v) is 1.96. The summed E-state index contributed by atoms with van der Waals surface area (Å²) in [6.07, 6.45) is 0.0762. The van der Waals surface area contributed by atoms with Crippen LogP contribution in [0.2, 0.25) is 0 Å². The predicted octanol–water partition coefficient (Wildman–Crippen LogP) is 1.81. The molecule has 0 saturated carbocycles. The van der Waals surface area contributed by atoms with E-state index in [4.69, 9.17) is 10.3 Å². The minimum absolute atomic E-state index is 0.0762. The highest BCUT2D eigenvalue weighted by atomic mass is 16.5. The SMILES string of the molecule is Cc1cccc(N(CCC(N)=O)C(=O)c2cc(C)no2)c1. The van der Waals surface area contributed by atoms with E-state index in [1.165, 1.54) is 4.90 Å². The predicted molar refractivity (Wildman–Crippen MR) is 77.9 cm³/mol. The summed E-state index contributed by atoms with van der Waals surface area (Å²) in [5.74, 6) is -0.671. The average molecular weight is 287 g/mol. The van der Waals surface area contributed by atoms with Gasteiger partial charge in [-0.2, -0.15) is 0 Å². The highest BCUT2D eigenvalue weighted by molar-refractivity contribution is 6.04. The molecule has 2 amide bonds. The molecule has 0 unspecified atom stereocenters. The summed E-state index contributed by atoms with van der Waals surface area (Å²) in [6.45, 7) is 3.86. The fraction of sp³-hybridized carbons (Fsp3) is 0.267. The van der Waals surface area contributed by atoms with Crippen molar-refractivity contribution in [3.8, 4) is 0 Å². The Balaban J connectivity index is 2.31. The number of rotatable bonds is 5. The first-order valence-corrected chi connectivity index (χ1v) is 6.57. The zero-order chi connectivity index (χ0) is 15.4. The van der Waals surface area contributed by atoms with Crippen molar-refractivity contribution in [2.75, 3.05) is 11.4 Å². The molecule has 0 radical (unpaired) electrons. The Morgan fingerprint density at radius 2 is 2.05 bits per heavy atom. The van der Waals surface area contributed by atoms with E-state index >= 15 is 0 Å². The number of anilines is 1. The second-order valence-electron chi connectivity index (χ2n) is 4.84. The van der Waals surface area contributed by atoms with Gasteiger partial charge >= 0.3 is 0 Å². The van der Waals surface area contributed by atoms with E-state index < -0.39 is 5.91 Å². The highest BCUT2D eigenvalue weighted by Crippen LogP contribution is 2.19. The first-order valence-electron chi connectivity index (χ1n) is 6.57. The molecule has 0 aliphatic rings. The quantitative estimate of drug-likeness (QED) is 0.908. The van der Waals surface area contributed by atoms with Gasteiger partial charge in [0.05, 0.1) is 5.69 Å². The normalized spacial score (nSPS) is 10.4. The molecule has 2 rings (SSSR count). The third kappa shape index (κ3) is 3.68. The molecule has 0 atom stereocenters. The van der Waals surface area contributed by atoms with Gasteiger partial charge in [0.1, 0.15) is 0 Å². The smallest absolute Gasteiger partial charge is 0.296 e. The number of aryl methyl sites for hydroxylation is 2. The summed E-state index contributed by atoms with van der Waals surface area (Å²) in [4.78, 5) is 25.0. The van der Waals surface area contributed by atoms with Crippen LogP contribution in [0.3, 0.4) is 0 Å². The van der Waals surface area contributed by atoms with E-state index in [2.05, 4.69) is 5.16 Å². The van der Waals surface area contributed by atoms with Crippen LogP contribution >= 0.6 is 0 Å². The number of carbonyl (C=O) groups excluding carboxylic acids is 2. The number of amides is 2. The van der Waals surface area contributed by atoms with Gasteiger partial charge in [0, 0.05) is 24.7 Å². The third-order valence-electron chi connectivity index (χ3n) is 2.98. The van der Waals surface area contributed by atoms with Gasteiger partial charge in [-0.1, -0.05) is 17.3 Å². The molecule has 6 heteroatoms. The second-order valence-corrected chi connectivity index (χ2v) is 4.84. The van der Waals surface area contributed by atoms with E-state index in [1.807, 2.05) is 25.1 Å². The second kappa shape index (κ2) is 6.21. The van der Waals surface area contributed by atoms with Crippen LogP contribution in [0.4, 0.5) is 5.69 Å². The molecule has 0 fully saturated rings. The summed E-state index contributed by atoms with van der Waals surface area (Å²) < 4.78 is 5.01. The van der Waals surface area contributed by atoms with E-state index in [0.29, 0.717) is 11.4 Å². The lowest BCUT2D eigenvalue weighted by Gasteiger charge is -2.21. The van der Waals surface area contributed by atoms with Crippen LogP contribution in [-0.2, 0) is 4.79 Å². The van der Waals surface area contributed by atoms with E-state index in [9.17, 15) is 9.59 Å². The minimum Gasteiger partial charge on any atom is -0.370 e. The molecule has 0 aliphatic heterocycles. The van der Waals surface area contributed by atoms with E-state index in [1.54, 1.807) is 19.1 Å². The Hall–Kier alpha value is -2.63. The molecule has 0 saturated heterocycles. The molecule has 110 valence electrons. The van der Waals surface area contributed by atoms with Crippen molar-refractivity contribution in [2.45, 2.75) is 20.3 Å². The molecule has 1 heterocycles. The first kappa shape index (κ1) is 14.8. The number of hydrogen-bond acceptors (Lipinski definition) is 4.